The molecule has 0 saturated carbocycles. The lowest BCUT2D eigenvalue weighted by Gasteiger charge is -2.03. The quantitative estimate of drug-likeness (QED) is 0.746. The number of methoxy groups -OCH3 is 1. The molecule has 0 aliphatic rings. The summed E-state index contributed by atoms with van der Waals surface area (Å²) < 4.78 is 23.4. The van der Waals surface area contributed by atoms with Gasteiger partial charge in [0.1, 0.15) is 18.0 Å². The van der Waals surface area contributed by atoms with Crippen LogP contribution in [0, 0.1) is 5.82 Å². The molecule has 0 saturated heterocycles. The molecule has 0 unspecified atom stereocenters. The van der Waals surface area contributed by atoms with Crippen molar-refractivity contribution >= 4 is 5.91 Å². The smallest absolute Gasteiger partial charge is 0.247 e. The van der Waals surface area contributed by atoms with E-state index in [1.54, 1.807) is 43.5 Å². The Balaban J connectivity index is 1.56. The zero-order valence-electron chi connectivity index (χ0n) is 13.5. The number of aromatic nitrogens is 2. The first-order valence-corrected chi connectivity index (χ1v) is 7.62. The second kappa shape index (κ2) is 7.57. The van der Waals surface area contributed by atoms with Gasteiger partial charge in [-0.1, -0.05) is 12.1 Å². The molecule has 3 aromatic rings. The van der Waals surface area contributed by atoms with Gasteiger partial charge in [-0.05, 0) is 42.0 Å². The molecule has 0 spiro atoms. The van der Waals surface area contributed by atoms with E-state index in [1.165, 1.54) is 12.1 Å². The van der Waals surface area contributed by atoms with E-state index in [0.717, 1.165) is 16.9 Å². The molecule has 1 aromatic heterocycles. The van der Waals surface area contributed by atoms with Crippen LogP contribution >= 0.6 is 0 Å². The van der Waals surface area contributed by atoms with Crippen molar-refractivity contribution in [2.24, 2.45) is 0 Å². The third-order valence-corrected chi connectivity index (χ3v) is 3.52. The zero-order chi connectivity index (χ0) is 17.6. The van der Waals surface area contributed by atoms with E-state index in [0.29, 0.717) is 12.4 Å². The van der Waals surface area contributed by atoms with E-state index in [4.69, 9.17) is 9.15 Å². The molecule has 0 aliphatic heterocycles. The summed E-state index contributed by atoms with van der Waals surface area (Å²) in [5.41, 5.74) is 1.55. The summed E-state index contributed by atoms with van der Waals surface area (Å²) >= 11 is 0. The Hall–Kier alpha value is -3.22. The van der Waals surface area contributed by atoms with Crippen LogP contribution in [0.2, 0.25) is 0 Å². The first kappa shape index (κ1) is 16.6. The minimum atomic E-state index is -0.313. The van der Waals surface area contributed by atoms with Gasteiger partial charge in [0.15, 0.2) is 0 Å². The molecule has 25 heavy (non-hydrogen) atoms. The fraction of sp³-hybridized carbons (Fsp3) is 0.167. The van der Waals surface area contributed by atoms with Gasteiger partial charge in [0, 0.05) is 12.1 Å². The Kier molecular flexibility index (Phi) is 5.03. The van der Waals surface area contributed by atoms with E-state index in [2.05, 4.69) is 15.5 Å². The van der Waals surface area contributed by atoms with E-state index < -0.39 is 0 Å². The summed E-state index contributed by atoms with van der Waals surface area (Å²) in [6, 6.07) is 13.1. The molecule has 3 rings (SSSR count). The van der Waals surface area contributed by atoms with E-state index in [1.807, 2.05) is 0 Å². The summed E-state index contributed by atoms with van der Waals surface area (Å²) in [4.78, 5) is 12.0. The predicted octanol–water partition coefficient (Wildman–Crippen LogP) is 2.74. The van der Waals surface area contributed by atoms with Crippen LogP contribution in [-0.4, -0.2) is 23.2 Å². The molecule has 0 aliphatic carbocycles. The van der Waals surface area contributed by atoms with Crippen molar-refractivity contribution < 1.29 is 18.3 Å². The molecular formula is C18H16FN3O3. The molecule has 1 heterocycles. The van der Waals surface area contributed by atoms with Crippen LogP contribution in [-0.2, 0) is 17.8 Å². The maximum absolute atomic E-state index is 12.8. The van der Waals surface area contributed by atoms with Crippen molar-refractivity contribution in [2.75, 3.05) is 7.11 Å². The number of hydrogen-bond donors (Lipinski definition) is 1. The van der Waals surface area contributed by atoms with Gasteiger partial charge >= 0.3 is 0 Å². The molecule has 7 heteroatoms. The van der Waals surface area contributed by atoms with Gasteiger partial charge < -0.3 is 14.5 Å². The fourth-order valence-electron chi connectivity index (χ4n) is 2.18. The monoisotopic (exact) mass is 341 g/mol. The maximum Gasteiger partial charge on any atom is 0.247 e. The van der Waals surface area contributed by atoms with Crippen molar-refractivity contribution in [3.05, 3.63) is 65.8 Å². The van der Waals surface area contributed by atoms with E-state index in [-0.39, 0.29) is 24.0 Å². The highest BCUT2D eigenvalue weighted by molar-refractivity contribution is 5.77. The number of rotatable bonds is 6. The lowest BCUT2D eigenvalue weighted by atomic mass is 10.2. The summed E-state index contributed by atoms with van der Waals surface area (Å²) in [5, 5.41) is 10.6. The predicted molar refractivity (Wildman–Crippen MR) is 88.2 cm³/mol. The lowest BCUT2D eigenvalue weighted by Crippen LogP contribution is -2.24. The molecule has 2 aromatic carbocycles. The van der Waals surface area contributed by atoms with E-state index >= 15 is 0 Å². The Bertz CT molecular complexity index is 845. The van der Waals surface area contributed by atoms with Gasteiger partial charge in [0.25, 0.3) is 0 Å². The topological polar surface area (TPSA) is 77.2 Å². The highest BCUT2D eigenvalue weighted by atomic mass is 19.1. The number of carbonyl (C=O) groups excluding carboxylic acids is 1. The minimum absolute atomic E-state index is 0.0235. The molecule has 0 atom stereocenters. The van der Waals surface area contributed by atoms with Gasteiger partial charge in [-0.25, -0.2) is 4.39 Å². The average Bonchev–Trinajstić information content (AvgIpc) is 3.10. The molecule has 128 valence electrons. The lowest BCUT2D eigenvalue weighted by molar-refractivity contribution is -0.120. The van der Waals surface area contributed by atoms with Crippen LogP contribution in [0.5, 0.6) is 5.75 Å². The Morgan fingerprint density at radius 2 is 1.84 bits per heavy atom. The summed E-state index contributed by atoms with van der Waals surface area (Å²) in [5.74, 6) is 0.719. The Morgan fingerprint density at radius 1 is 1.12 bits per heavy atom. The number of nitrogens with one attached hydrogen (secondary N) is 1. The third kappa shape index (κ3) is 4.41. The molecule has 6 nitrogen and oxygen atoms in total. The van der Waals surface area contributed by atoms with Crippen LogP contribution in [0.15, 0.2) is 52.9 Å². The fourth-order valence-corrected chi connectivity index (χ4v) is 2.18. The van der Waals surface area contributed by atoms with Crippen LogP contribution in [0.3, 0.4) is 0 Å². The van der Waals surface area contributed by atoms with Crippen molar-refractivity contribution in [2.45, 2.75) is 13.0 Å². The first-order chi connectivity index (χ1) is 12.1. The SMILES string of the molecule is COc1ccc(-c2nnc(CC(=O)NCc3ccc(F)cc3)o2)cc1. The van der Waals surface area contributed by atoms with Gasteiger partial charge in [0.05, 0.1) is 7.11 Å². The minimum Gasteiger partial charge on any atom is -0.497 e. The number of carbonyl (C=O) groups is 1. The molecule has 0 fully saturated rings. The number of amides is 1. The number of benzene rings is 2. The van der Waals surface area contributed by atoms with Crippen LogP contribution < -0.4 is 10.1 Å². The molecule has 0 bridgehead atoms. The number of nitrogens with zero attached hydrogens (tertiary/aromatic N) is 2. The third-order valence-electron chi connectivity index (χ3n) is 3.52. The number of hydrogen-bond acceptors (Lipinski definition) is 5. The Morgan fingerprint density at radius 3 is 2.52 bits per heavy atom. The molecule has 1 amide bonds. The highest BCUT2D eigenvalue weighted by Gasteiger charge is 2.12. The largest absolute Gasteiger partial charge is 0.497 e. The van der Waals surface area contributed by atoms with Crippen molar-refractivity contribution in [3.8, 4) is 17.2 Å². The van der Waals surface area contributed by atoms with Crippen molar-refractivity contribution in [3.63, 3.8) is 0 Å². The standard InChI is InChI=1S/C18H16FN3O3/c1-24-15-8-4-13(5-9-15)18-22-21-17(25-18)10-16(23)20-11-12-2-6-14(19)7-3-12/h2-9H,10-11H2,1H3,(H,20,23). The van der Waals surface area contributed by atoms with Gasteiger partial charge in [0.2, 0.25) is 17.7 Å². The Labute approximate surface area is 143 Å². The first-order valence-electron chi connectivity index (χ1n) is 7.62. The second-order valence-electron chi connectivity index (χ2n) is 5.31. The molecular weight excluding hydrogens is 325 g/mol. The van der Waals surface area contributed by atoms with Gasteiger partial charge in [-0.2, -0.15) is 0 Å². The summed E-state index contributed by atoms with van der Waals surface area (Å²) in [6.07, 6.45) is -0.0235. The second-order valence-corrected chi connectivity index (χ2v) is 5.31. The summed E-state index contributed by atoms with van der Waals surface area (Å²) in [7, 11) is 1.59. The number of ether oxygens (including phenoxy) is 1. The van der Waals surface area contributed by atoms with Crippen LogP contribution in [0.4, 0.5) is 4.39 Å². The number of halogens is 1. The molecule has 0 radical (unpaired) electrons. The van der Waals surface area contributed by atoms with E-state index in [9.17, 15) is 9.18 Å². The average molecular weight is 341 g/mol. The van der Waals surface area contributed by atoms with Crippen LogP contribution in [0.1, 0.15) is 11.5 Å². The van der Waals surface area contributed by atoms with Crippen molar-refractivity contribution in [1.29, 1.82) is 0 Å². The van der Waals surface area contributed by atoms with Crippen LogP contribution in [0.25, 0.3) is 11.5 Å². The molecule has 1 N–H and O–H groups in total. The van der Waals surface area contributed by atoms with Gasteiger partial charge in [-0.15, -0.1) is 10.2 Å². The van der Waals surface area contributed by atoms with Crippen molar-refractivity contribution in [1.82, 2.24) is 15.5 Å². The summed E-state index contributed by atoms with van der Waals surface area (Å²) in [6.45, 7) is 0.304. The zero-order valence-corrected chi connectivity index (χ0v) is 13.5. The maximum atomic E-state index is 12.8. The normalized spacial score (nSPS) is 10.5. The highest BCUT2D eigenvalue weighted by Crippen LogP contribution is 2.21. The van der Waals surface area contributed by atoms with Gasteiger partial charge in [-0.3, -0.25) is 4.79 Å².